The number of nitriles is 1. The molecule has 0 unspecified atom stereocenters. The van der Waals surface area contributed by atoms with Crippen molar-refractivity contribution in [3.63, 3.8) is 0 Å². The number of H-pyrrole nitrogens is 1. The smallest absolute Gasteiger partial charge is 0.174 e. The van der Waals surface area contributed by atoms with E-state index in [1.54, 1.807) is 12.1 Å². The molecule has 0 fully saturated rings. The molecular formula is C20H12ClN3OS. The fourth-order valence-corrected chi connectivity index (χ4v) is 3.54. The summed E-state index contributed by atoms with van der Waals surface area (Å²) in [7, 11) is 0. The van der Waals surface area contributed by atoms with Gasteiger partial charge in [0.1, 0.15) is 5.76 Å². The summed E-state index contributed by atoms with van der Waals surface area (Å²) in [6.45, 7) is 0. The molecule has 0 radical (unpaired) electrons. The highest BCUT2D eigenvalue weighted by molar-refractivity contribution is 7.99. The fraction of sp³-hybridized carbons (Fsp3) is 0. The third-order valence-electron chi connectivity index (χ3n) is 3.74. The van der Waals surface area contributed by atoms with Gasteiger partial charge in [-0.25, -0.2) is 4.98 Å². The number of furan rings is 1. The van der Waals surface area contributed by atoms with Gasteiger partial charge in [0.25, 0.3) is 0 Å². The van der Waals surface area contributed by atoms with E-state index in [1.165, 1.54) is 11.8 Å². The number of nitrogens with zero attached hydrogens (tertiary/aromatic N) is 2. The molecule has 0 bridgehead atoms. The van der Waals surface area contributed by atoms with Crippen molar-refractivity contribution >= 4 is 46.0 Å². The van der Waals surface area contributed by atoms with Gasteiger partial charge < -0.3 is 9.40 Å². The summed E-state index contributed by atoms with van der Waals surface area (Å²) in [5.41, 5.74) is 3.02. The number of rotatable bonds is 4. The molecular weight excluding hydrogens is 366 g/mol. The molecule has 2 aromatic carbocycles. The number of fused-ring (bicyclic) bond motifs is 1. The first-order valence-electron chi connectivity index (χ1n) is 7.82. The molecule has 2 aromatic heterocycles. The van der Waals surface area contributed by atoms with E-state index in [0.29, 0.717) is 27.0 Å². The molecule has 26 heavy (non-hydrogen) atoms. The number of imidazole rings is 1. The van der Waals surface area contributed by atoms with Gasteiger partial charge in [-0.3, -0.25) is 0 Å². The van der Waals surface area contributed by atoms with E-state index in [1.807, 2.05) is 54.6 Å². The van der Waals surface area contributed by atoms with Crippen molar-refractivity contribution in [3.05, 3.63) is 77.0 Å². The van der Waals surface area contributed by atoms with Crippen molar-refractivity contribution in [2.24, 2.45) is 0 Å². The molecule has 0 saturated carbocycles. The summed E-state index contributed by atoms with van der Waals surface area (Å²) in [5, 5.41) is 11.4. The zero-order valence-electron chi connectivity index (χ0n) is 13.4. The van der Waals surface area contributed by atoms with Crippen LogP contribution in [0.2, 0.25) is 5.02 Å². The molecule has 1 N–H and O–H groups in total. The Kier molecular flexibility index (Phi) is 4.53. The Morgan fingerprint density at radius 1 is 1.12 bits per heavy atom. The van der Waals surface area contributed by atoms with Gasteiger partial charge in [-0.05, 0) is 48.2 Å². The summed E-state index contributed by atoms with van der Waals surface area (Å²) in [4.78, 5) is 7.76. The van der Waals surface area contributed by atoms with Crippen LogP contribution in [0.5, 0.6) is 0 Å². The van der Waals surface area contributed by atoms with Crippen molar-refractivity contribution in [1.29, 1.82) is 5.26 Å². The number of aromatic nitrogens is 2. The number of aromatic amines is 1. The molecule has 4 aromatic rings. The third-order valence-corrected chi connectivity index (χ3v) is 4.88. The van der Waals surface area contributed by atoms with Crippen molar-refractivity contribution in [2.45, 2.75) is 10.2 Å². The lowest BCUT2D eigenvalue weighted by Crippen LogP contribution is -1.82. The van der Waals surface area contributed by atoms with Gasteiger partial charge in [-0.1, -0.05) is 41.9 Å². The molecule has 0 saturated heterocycles. The molecule has 2 heterocycles. The maximum atomic E-state index is 9.45. The van der Waals surface area contributed by atoms with Gasteiger partial charge in [0.2, 0.25) is 0 Å². The van der Waals surface area contributed by atoms with E-state index in [2.05, 4.69) is 16.0 Å². The Morgan fingerprint density at radius 3 is 2.73 bits per heavy atom. The maximum Gasteiger partial charge on any atom is 0.174 e. The first kappa shape index (κ1) is 16.5. The van der Waals surface area contributed by atoms with E-state index >= 15 is 0 Å². The van der Waals surface area contributed by atoms with Gasteiger partial charge in [0.15, 0.2) is 10.2 Å². The average Bonchev–Trinajstić information content (AvgIpc) is 3.26. The Morgan fingerprint density at radius 2 is 1.92 bits per heavy atom. The number of halogens is 1. The number of hydrogen-bond donors (Lipinski definition) is 1. The van der Waals surface area contributed by atoms with Crippen LogP contribution in [0.1, 0.15) is 11.3 Å². The van der Waals surface area contributed by atoms with Crippen molar-refractivity contribution < 1.29 is 4.42 Å². The van der Waals surface area contributed by atoms with Gasteiger partial charge >= 0.3 is 0 Å². The van der Waals surface area contributed by atoms with Crippen molar-refractivity contribution in [2.75, 3.05) is 0 Å². The van der Waals surface area contributed by atoms with Gasteiger partial charge in [-0.2, -0.15) is 5.26 Å². The second-order valence-electron chi connectivity index (χ2n) is 5.47. The molecule has 6 heteroatoms. The van der Waals surface area contributed by atoms with E-state index in [9.17, 15) is 5.26 Å². The number of nitrogens with one attached hydrogen (secondary N) is 1. The molecule has 0 spiro atoms. The largest absolute Gasteiger partial charge is 0.450 e. The highest BCUT2D eigenvalue weighted by atomic mass is 35.5. The van der Waals surface area contributed by atoms with E-state index in [-0.39, 0.29) is 0 Å². The third kappa shape index (κ3) is 3.38. The summed E-state index contributed by atoms with van der Waals surface area (Å²) >= 11 is 7.57. The predicted octanol–water partition coefficient (Wildman–Crippen LogP) is 6.02. The van der Waals surface area contributed by atoms with Crippen molar-refractivity contribution in [1.82, 2.24) is 9.97 Å². The van der Waals surface area contributed by atoms with Crippen LogP contribution in [0.4, 0.5) is 0 Å². The minimum absolute atomic E-state index is 0.449. The lowest BCUT2D eigenvalue weighted by molar-refractivity contribution is 0.466. The quantitative estimate of drug-likeness (QED) is 0.441. The normalized spacial score (nSPS) is 11.6. The second-order valence-corrected chi connectivity index (χ2v) is 6.87. The molecule has 126 valence electrons. The Labute approximate surface area is 159 Å². The monoisotopic (exact) mass is 377 g/mol. The molecule has 4 nitrogen and oxygen atoms in total. The van der Waals surface area contributed by atoms with Crippen LogP contribution in [0.3, 0.4) is 0 Å². The molecule has 0 aliphatic rings. The van der Waals surface area contributed by atoms with Crippen LogP contribution in [0, 0.1) is 11.3 Å². The van der Waals surface area contributed by atoms with Crippen LogP contribution in [-0.4, -0.2) is 9.97 Å². The Hall–Kier alpha value is -2.94. The minimum atomic E-state index is 0.449. The Bertz CT molecular complexity index is 1120. The fourth-order valence-electron chi connectivity index (χ4n) is 2.53. The van der Waals surface area contributed by atoms with Crippen LogP contribution in [0.25, 0.3) is 22.7 Å². The van der Waals surface area contributed by atoms with Crippen LogP contribution < -0.4 is 0 Å². The van der Waals surface area contributed by atoms with Gasteiger partial charge in [-0.15, -0.1) is 0 Å². The van der Waals surface area contributed by atoms with E-state index in [4.69, 9.17) is 16.0 Å². The van der Waals surface area contributed by atoms with Crippen LogP contribution >= 0.6 is 23.4 Å². The molecule has 0 aliphatic heterocycles. The molecule has 0 atom stereocenters. The minimum Gasteiger partial charge on any atom is -0.450 e. The van der Waals surface area contributed by atoms with Crippen molar-refractivity contribution in [3.8, 4) is 6.07 Å². The first-order valence-corrected chi connectivity index (χ1v) is 9.01. The maximum absolute atomic E-state index is 9.45. The standard InChI is InChI=1S/C20H12ClN3OS/c21-16-6-2-1-5-15(16)13(12-22)11-14-9-10-19(25-14)26-20-23-17-7-3-4-8-18(17)24-20/h1-11H,(H,23,24). The molecule has 0 amide bonds. The zero-order valence-corrected chi connectivity index (χ0v) is 15.0. The lowest BCUT2D eigenvalue weighted by Gasteiger charge is -2.01. The van der Waals surface area contributed by atoms with Crippen LogP contribution in [-0.2, 0) is 0 Å². The second kappa shape index (κ2) is 7.12. The molecule has 0 aliphatic carbocycles. The van der Waals surface area contributed by atoms with E-state index < -0.39 is 0 Å². The zero-order chi connectivity index (χ0) is 17.9. The number of para-hydroxylation sites is 2. The number of benzene rings is 2. The Balaban J connectivity index is 1.59. The molecule has 4 rings (SSSR count). The highest BCUT2D eigenvalue weighted by Crippen LogP contribution is 2.31. The summed E-state index contributed by atoms with van der Waals surface area (Å²) in [6, 6.07) is 20.9. The first-order chi connectivity index (χ1) is 12.7. The SMILES string of the molecule is N#CC(=Cc1ccc(Sc2nc3ccccc3[nH]2)o1)c1ccccc1Cl. The summed E-state index contributed by atoms with van der Waals surface area (Å²) < 4.78 is 5.81. The summed E-state index contributed by atoms with van der Waals surface area (Å²) in [6.07, 6.45) is 1.68. The predicted molar refractivity (Wildman–Crippen MR) is 104 cm³/mol. The highest BCUT2D eigenvalue weighted by Gasteiger charge is 2.10. The van der Waals surface area contributed by atoms with Gasteiger partial charge in [0.05, 0.1) is 22.7 Å². The lowest BCUT2D eigenvalue weighted by atomic mass is 10.1. The summed E-state index contributed by atoms with van der Waals surface area (Å²) in [5.74, 6) is 0.583. The number of hydrogen-bond acceptors (Lipinski definition) is 4. The van der Waals surface area contributed by atoms with E-state index in [0.717, 1.165) is 16.2 Å². The van der Waals surface area contributed by atoms with Crippen LogP contribution in [0.15, 0.2) is 75.3 Å². The van der Waals surface area contributed by atoms with Gasteiger partial charge in [0, 0.05) is 10.6 Å². The topological polar surface area (TPSA) is 65.6 Å². The number of allylic oxidation sites excluding steroid dienone is 1. The average molecular weight is 378 g/mol.